The molecule has 3 heteroatoms. The molecular formula is C14H21NO2. The maximum absolute atomic E-state index is 9.74. The number of phenolic OH excluding ortho intramolecular Hbond substituents is 1. The van der Waals surface area contributed by atoms with Crippen molar-refractivity contribution in [3.63, 3.8) is 0 Å². The smallest absolute Gasteiger partial charge is 0.120 e. The van der Waals surface area contributed by atoms with E-state index in [2.05, 4.69) is 5.32 Å². The first-order valence-electron chi connectivity index (χ1n) is 6.33. The number of hydrogen-bond donors (Lipinski definition) is 3. The number of aromatic hydroxyl groups is 1. The average molecular weight is 235 g/mol. The van der Waals surface area contributed by atoms with E-state index in [1.165, 1.54) is 6.42 Å². The van der Waals surface area contributed by atoms with Crippen molar-refractivity contribution in [1.82, 2.24) is 5.32 Å². The van der Waals surface area contributed by atoms with E-state index in [1.54, 1.807) is 6.07 Å². The molecule has 1 aliphatic rings. The van der Waals surface area contributed by atoms with Gasteiger partial charge in [-0.25, -0.2) is 0 Å². The molecule has 1 aliphatic carbocycles. The Bertz CT molecular complexity index is 378. The van der Waals surface area contributed by atoms with Crippen molar-refractivity contribution in [2.75, 3.05) is 6.61 Å². The van der Waals surface area contributed by atoms with Gasteiger partial charge in [-0.05, 0) is 31.7 Å². The van der Waals surface area contributed by atoms with Crippen LogP contribution in [0, 0.1) is 12.8 Å². The molecule has 3 N–H and O–H groups in total. The minimum absolute atomic E-state index is 0.261. The molecule has 0 bridgehead atoms. The van der Waals surface area contributed by atoms with Crippen LogP contribution < -0.4 is 5.32 Å². The van der Waals surface area contributed by atoms with E-state index in [1.807, 2.05) is 19.1 Å². The highest BCUT2D eigenvalue weighted by atomic mass is 16.3. The summed E-state index contributed by atoms with van der Waals surface area (Å²) in [5, 5.41) is 22.4. The molecule has 1 fully saturated rings. The van der Waals surface area contributed by atoms with Gasteiger partial charge in [-0.1, -0.05) is 24.1 Å². The van der Waals surface area contributed by atoms with Gasteiger partial charge >= 0.3 is 0 Å². The molecule has 0 aromatic heterocycles. The van der Waals surface area contributed by atoms with Crippen LogP contribution in [-0.4, -0.2) is 22.9 Å². The summed E-state index contributed by atoms with van der Waals surface area (Å²) in [4.78, 5) is 0. The molecule has 1 aromatic carbocycles. The van der Waals surface area contributed by atoms with Crippen LogP contribution in [0.25, 0.3) is 0 Å². The molecule has 1 saturated carbocycles. The molecule has 3 nitrogen and oxygen atoms in total. The topological polar surface area (TPSA) is 52.5 Å². The zero-order valence-electron chi connectivity index (χ0n) is 10.3. The first-order valence-corrected chi connectivity index (χ1v) is 6.33. The van der Waals surface area contributed by atoms with Gasteiger partial charge in [-0.2, -0.15) is 0 Å². The summed E-state index contributed by atoms with van der Waals surface area (Å²) in [5.74, 6) is 0.726. The zero-order valence-corrected chi connectivity index (χ0v) is 10.3. The quantitative estimate of drug-likeness (QED) is 0.747. The van der Waals surface area contributed by atoms with Gasteiger partial charge in [0.1, 0.15) is 5.75 Å². The molecule has 94 valence electrons. The van der Waals surface area contributed by atoms with Crippen molar-refractivity contribution in [2.45, 2.75) is 38.8 Å². The lowest BCUT2D eigenvalue weighted by molar-refractivity contribution is 0.205. The number of aryl methyl sites for hydroxylation is 1. The van der Waals surface area contributed by atoms with Crippen molar-refractivity contribution in [3.8, 4) is 5.75 Å². The summed E-state index contributed by atoms with van der Waals surface area (Å²) in [6.45, 7) is 2.96. The predicted molar refractivity (Wildman–Crippen MR) is 67.9 cm³/mol. The molecule has 2 atom stereocenters. The van der Waals surface area contributed by atoms with Crippen LogP contribution in [0.2, 0.25) is 0 Å². The highest BCUT2D eigenvalue weighted by Gasteiger charge is 2.25. The number of benzene rings is 1. The molecule has 0 radical (unpaired) electrons. The highest BCUT2D eigenvalue weighted by molar-refractivity contribution is 5.35. The Balaban J connectivity index is 1.95. The van der Waals surface area contributed by atoms with Crippen molar-refractivity contribution in [1.29, 1.82) is 0 Å². The van der Waals surface area contributed by atoms with E-state index in [-0.39, 0.29) is 6.61 Å². The molecule has 0 aliphatic heterocycles. The number of hydrogen-bond acceptors (Lipinski definition) is 3. The summed E-state index contributed by atoms with van der Waals surface area (Å²) in [5.41, 5.74) is 2.10. The van der Waals surface area contributed by atoms with Crippen LogP contribution in [0.15, 0.2) is 18.2 Å². The molecule has 0 amide bonds. The molecule has 0 spiro atoms. The monoisotopic (exact) mass is 235 g/mol. The van der Waals surface area contributed by atoms with E-state index < -0.39 is 0 Å². The van der Waals surface area contributed by atoms with Gasteiger partial charge in [0.05, 0.1) is 0 Å². The number of nitrogens with one attached hydrogen (secondary N) is 1. The minimum Gasteiger partial charge on any atom is -0.508 e. The molecule has 17 heavy (non-hydrogen) atoms. The van der Waals surface area contributed by atoms with Gasteiger partial charge < -0.3 is 15.5 Å². The second-order valence-electron chi connectivity index (χ2n) is 4.99. The zero-order chi connectivity index (χ0) is 12.3. The number of phenols is 1. The van der Waals surface area contributed by atoms with Crippen molar-refractivity contribution < 1.29 is 10.2 Å². The Kier molecular flexibility index (Phi) is 4.02. The van der Waals surface area contributed by atoms with Crippen molar-refractivity contribution in [2.24, 2.45) is 5.92 Å². The maximum Gasteiger partial charge on any atom is 0.120 e. The van der Waals surface area contributed by atoms with Crippen LogP contribution in [-0.2, 0) is 6.54 Å². The van der Waals surface area contributed by atoms with Crippen molar-refractivity contribution in [3.05, 3.63) is 29.3 Å². The predicted octanol–water partition coefficient (Wildman–Crippen LogP) is 1.95. The van der Waals surface area contributed by atoms with Gasteiger partial charge in [0.2, 0.25) is 0 Å². The SMILES string of the molecule is Cc1ccc(O)c(CNC2CCCC2CO)c1. The van der Waals surface area contributed by atoms with Gasteiger partial charge in [-0.3, -0.25) is 0 Å². The number of aliphatic hydroxyl groups is 1. The summed E-state index contributed by atoms with van der Waals surface area (Å²) in [6.07, 6.45) is 3.41. The number of rotatable bonds is 4. The fourth-order valence-corrected chi connectivity index (χ4v) is 2.62. The van der Waals surface area contributed by atoms with E-state index in [9.17, 15) is 10.2 Å². The Morgan fingerprint density at radius 3 is 2.94 bits per heavy atom. The Labute approximate surface area is 102 Å². The summed E-state index contributed by atoms with van der Waals surface area (Å²) in [6, 6.07) is 6.04. The first kappa shape index (κ1) is 12.4. The lowest BCUT2D eigenvalue weighted by Gasteiger charge is -2.19. The molecule has 0 saturated heterocycles. The third-order valence-electron chi connectivity index (χ3n) is 3.68. The molecule has 1 aromatic rings. The fourth-order valence-electron chi connectivity index (χ4n) is 2.62. The van der Waals surface area contributed by atoms with Gasteiger partial charge in [0, 0.05) is 24.8 Å². The van der Waals surface area contributed by atoms with Crippen LogP contribution in [0.4, 0.5) is 0 Å². The van der Waals surface area contributed by atoms with Gasteiger partial charge in [-0.15, -0.1) is 0 Å². The Morgan fingerprint density at radius 2 is 2.18 bits per heavy atom. The van der Waals surface area contributed by atoms with Crippen LogP contribution >= 0.6 is 0 Å². The summed E-state index contributed by atoms with van der Waals surface area (Å²) >= 11 is 0. The summed E-state index contributed by atoms with van der Waals surface area (Å²) in [7, 11) is 0. The molecule has 2 rings (SSSR count). The van der Waals surface area contributed by atoms with Crippen LogP contribution in [0.3, 0.4) is 0 Å². The van der Waals surface area contributed by atoms with E-state index in [0.717, 1.165) is 24.0 Å². The van der Waals surface area contributed by atoms with E-state index in [0.29, 0.717) is 24.3 Å². The average Bonchev–Trinajstić information content (AvgIpc) is 2.77. The van der Waals surface area contributed by atoms with Crippen LogP contribution in [0.1, 0.15) is 30.4 Å². The third-order valence-corrected chi connectivity index (χ3v) is 3.68. The Hall–Kier alpha value is -1.06. The highest BCUT2D eigenvalue weighted by Crippen LogP contribution is 2.26. The van der Waals surface area contributed by atoms with Crippen molar-refractivity contribution >= 4 is 0 Å². The lowest BCUT2D eigenvalue weighted by Crippen LogP contribution is -2.33. The molecule has 0 heterocycles. The molecular weight excluding hydrogens is 214 g/mol. The second-order valence-corrected chi connectivity index (χ2v) is 4.99. The lowest BCUT2D eigenvalue weighted by atomic mass is 10.0. The Morgan fingerprint density at radius 1 is 1.35 bits per heavy atom. The summed E-state index contributed by atoms with van der Waals surface area (Å²) < 4.78 is 0. The third kappa shape index (κ3) is 2.99. The second kappa shape index (κ2) is 5.52. The minimum atomic E-state index is 0.261. The molecule has 2 unspecified atom stereocenters. The normalized spacial score (nSPS) is 24.1. The maximum atomic E-state index is 9.74. The first-order chi connectivity index (χ1) is 8.20. The van der Waals surface area contributed by atoms with E-state index >= 15 is 0 Å². The van der Waals surface area contributed by atoms with E-state index in [4.69, 9.17) is 0 Å². The fraction of sp³-hybridized carbons (Fsp3) is 0.571. The largest absolute Gasteiger partial charge is 0.508 e. The number of aliphatic hydroxyl groups excluding tert-OH is 1. The van der Waals surface area contributed by atoms with Gasteiger partial charge in [0.25, 0.3) is 0 Å². The van der Waals surface area contributed by atoms with Crippen LogP contribution in [0.5, 0.6) is 5.75 Å². The van der Waals surface area contributed by atoms with Gasteiger partial charge in [0.15, 0.2) is 0 Å². The standard InChI is InChI=1S/C14H21NO2/c1-10-5-6-14(17)12(7-10)8-15-13-4-2-3-11(13)9-16/h5-7,11,13,15-17H,2-4,8-9H2,1H3.